The molecule has 0 unspecified atom stereocenters. The molecule has 0 radical (unpaired) electrons. The number of fused-ring (bicyclic) bond motifs is 1. The van der Waals surface area contributed by atoms with Gasteiger partial charge in [-0.1, -0.05) is 0 Å². The number of H-pyrrole nitrogens is 1. The van der Waals surface area contributed by atoms with E-state index in [-0.39, 0.29) is 11.3 Å². The van der Waals surface area contributed by atoms with Crippen molar-refractivity contribution in [2.24, 2.45) is 10.7 Å². The zero-order valence-electron chi connectivity index (χ0n) is 16.6. The lowest BCUT2D eigenvalue weighted by Gasteiger charge is -2.11. The van der Waals surface area contributed by atoms with Gasteiger partial charge in [0.1, 0.15) is 11.5 Å². The Labute approximate surface area is 177 Å². The number of hydrogen-bond acceptors (Lipinski definition) is 6. The quantitative estimate of drug-likeness (QED) is 0.379. The van der Waals surface area contributed by atoms with E-state index < -0.39 is 38.7 Å². The number of aromatic amines is 1. The van der Waals surface area contributed by atoms with Crippen LogP contribution < -0.4 is 10.5 Å². The molecule has 11 heteroatoms. The molecule has 0 atom stereocenters. The molecule has 0 bridgehead atoms. The average molecular weight is 447 g/mol. The van der Waals surface area contributed by atoms with Crippen molar-refractivity contribution in [2.45, 2.75) is 6.92 Å². The maximum atomic E-state index is 14.9. The molecule has 0 saturated carbocycles. The van der Waals surface area contributed by atoms with E-state index in [2.05, 4.69) is 15.0 Å². The Hall–Kier alpha value is -3.60. The number of hydrogen-bond donors (Lipinski definition) is 3. The van der Waals surface area contributed by atoms with Crippen LogP contribution in [0.3, 0.4) is 0 Å². The van der Waals surface area contributed by atoms with Crippen LogP contribution in [0.15, 0.2) is 41.8 Å². The highest BCUT2D eigenvalue weighted by atomic mass is 32.2. The lowest BCUT2D eigenvalue weighted by molar-refractivity contribution is 0.103. The molecule has 1 aromatic carbocycles. The van der Waals surface area contributed by atoms with Crippen molar-refractivity contribution in [3.63, 3.8) is 0 Å². The smallest absolute Gasteiger partial charge is 0.232 e. The minimum absolute atomic E-state index is 0.0394. The Balaban J connectivity index is 2.13. The molecule has 0 aliphatic rings. The Morgan fingerprint density at radius 1 is 1.35 bits per heavy atom. The summed E-state index contributed by atoms with van der Waals surface area (Å²) in [6.45, 7) is 1.36. The number of benzene rings is 1. The summed E-state index contributed by atoms with van der Waals surface area (Å²) in [4.78, 5) is 23.9. The highest BCUT2D eigenvalue weighted by Crippen LogP contribution is 2.28. The summed E-state index contributed by atoms with van der Waals surface area (Å²) in [6.07, 6.45) is 5.60. The number of allylic oxidation sites excluding steroid dienone is 1. The molecule has 3 rings (SSSR count). The summed E-state index contributed by atoms with van der Waals surface area (Å²) in [5, 5.41) is 0.310. The van der Waals surface area contributed by atoms with Crippen LogP contribution in [0.5, 0.6) is 0 Å². The molecule has 0 spiro atoms. The van der Waals surface area contributed by atoms with Crippen LogP contribution in [-0.2, 0) is 10.0 Å². The molecule has 0 fully saturated rings. The first-order valence-corrected chi connectivity index (χ1v) is 10.7. The van der Waals surface area contributed by atoms with E-state index in [1.807, 2.05) is 4.72 Å². The molecule has 162 valence electrons. The molecule has 8 nitrogen and oxygen atoms in total. The van der Waals surface area contributed by atoms with Crippen molar-refractivity contribution in [3.05, 3.63) is 65.1 Å². The predicted molar refractivity (Wildman–Crippen MR) is 116 cm³/mol. The predicted octanol–water partition coefficient (Wildman–Crippen LogP) is 2.83. The molecule has 31 heavy (non-hydrogen) atoms. The lowest BCUT2D eigenvalue weighted by Crippen LogP contribution is -2.17. The van der Waals surface area contributed by atoms with Crippen molar-refractivity contribution in [3.8, 4) is 0 Å². The van der Waals surface area contributed by atoms with Crippen molar-refractivity contribution >= 4 is 44.3 Å². The zero-order valence-corrected chi connectivity index (χ0v) is 17.4. The van der Waals surface area contributed by atoms with E-state index in [9.17, 15) is 22.0 Å². The molecule has 0 aliphatic carbocycles. The van der Waals surface area contributed by atoms with Gasteiger partial charge in [-0.2, -0.15) is 0 Å². The minimum Gasteiger partial charge on any atom is -0.404 e. The van der Waals surface area contributed by atoms with Crippen LogP contribution in [0.1, 0.15) is 28.4 Å². The number of nitrogens with two attached hydrogens (primary N) is 1. The summed E-state index contributed by atoms with van der Waals surface area (Å²) in [5.74, 6) is -3.72. The van der Waals surface area contributed by atoms with Crippen LogP contribution in [0, 0.1) is 11.6 Å². The number of halogens is 2. The maximum Gasteiger partial charge on any atom is 0.232 e. The number of sulfonamides is 1. The van der Waals surface area contributed by atoms with E-state index in [4.69, 9.17) is 5.73 Å². The standard InChI is InChI=1S/C20H19F2N5O3S/c1-3-31(29,30)27-16-5-4-15(21)17(18(16)22)19(28)14-10-26-20-13(14)6-11(9-25-20)12(7-23)8-24-2/h4-10,27H,3,23H2,1-2H3,(H,25,26). The topological polar surface area (TPSA) is 130 Å². The SMILES string of the molecule is CCS(=O)(=O)Nc1ccc(F)c(C(=O)c2c[nH]c3ncc(C(C=NC)=CN)cc23)c1F. The molecular formula is C20H19F2N5O3S. The van der Waals surface area contributed by atoms with Gasteiger partial charge >= 0.3 is 0 Å². The molecule has 2 heterocycles. The molecule has 0 aliphatic heterocycles. The van der Waals surface area contributed by atoms with E-state index in [1.54, 1.807) is 13.1 Å². The first-order chi connectivity index (χ1) is 14.7. The number of carbonyl (C=O) groups excluding carboxylic acids is 1. The van der Waals surface area contributed by atoms with Gasteiger partial charge in [0, 0.05) is 53.9 Å². The summed E-state index contributed by atoms with van der Waals surface area (Å²) < 4.78 is 55.0. The molecule has 2 aromatic heterocycles. The van der Waals surface area contributed by atoms with E-state index in [0.29, 0.717) is 22.2 Å². The van der Waals surface area contributed by atoms with Crippen molar-refractivity contribution < 1.29 is 22.0 Å². The van der Waals surface area contributed by atoms with Gasteiger partial charge in [-0.25, -0.2) is 22.2 Å². The van der Waals surface area contributed by atoms with Gasteiger partial charge in [-0.3, -0.25) is 14.5 Å². The second-order valence-electron chi connectivity index (χ2n) is 6.45. The highest BCUT2D eigenvalue weighted by molar-refractivity contribution is 7.92. The first-order valence-electron chi connectivity index (χ1n) is 9.07. The first kappa shape index (κ1) is 22.1. The third-order valence-corrected chi connectivity index (χ3v) is 5.81. The van der Waals surface area contributed by atoms with Crippen LogP contribution in [0.25, 0.3) is 16.6 Å². The molecule has 0 saturated heterocycles. The summed E-state index contributed by atoms with van der Waals surface area (Å²) in [6, 6.07) is 3.34. The number of aromatic nitrogens is 2. The van der Waals surface area contributed by atoms with Gasteiger partial charge in [-0.15, -0.1) is 0 Å². The Morgan fingerprint density at radius 3 is 2.74 bits per heavy atom. The fourth-order valence-electron chi connectivity index (χ4n) is 2.92. The number of anilines is 1. The number of aliphatic imine (C=N–C) groups is 1. The molecule has 4 N–H and O–H groups in total. The third-order valence-electron chi connectivity index (χ3n) is 4.52. The number of ketones is 1. The summed E-state index contributed by atoms with van der Waals surface area (Å²) in [5.41, 5.74) is 5.56. The monoisotopic (exact) mass is 447 g/mol. The zero-order chi connectivity index (χ0) is 22.8. The number of nitrogens with one attached hydrogen (secondary N) is 2. The third kappa shape index (κ3) is 4.31. The number of carbonyl (C=O) groups is 1. The van der Waals surface area contributed by atoms with Gasteiger partial charge in [0.2, 0.25) is 15.8 Å². The fourth-order valence-corrected chi connectivity index (χ4v) is 3.55. The van der Waals surface area contributed by atoms with Gasteiger partial charge in [0.15, 0.2) is 5.82 Å². The van der Waals surface area contributed by atoms with Crippen molar-refractivity contribution in [1.29, 1.82) is 0 Å². The number of nitrogens with zero attached hydrogens (tertiary/aromatic N) is 2. The molecule has 3 aromatic rings. The minimum atomic E-state index is -3.83. The van der Waals surface area contributed by atoms with Crippen molar-refractivity contribution in [1.82, 2.24) is 9.97 Å². The van der Waals surface area contributed by atoms with Crippen LogP contribution in [0.2, 0.25) is 0 Å². The Kier molecular flexibility index (Phi) is 6.16. The lowest BCUT2D eigenvalue weighted by atomic mass is 10.00. The average Bonchev–Trinajstić information content (AvgIpc) is 3.17. The Morgan fingerprint density at radius 2 is 2.10 bits per heavy atom. The molecule has 0 amide bonds. The summed E-state index contributed by atoms with van der Waals surface area (Å²) in [7, 11) is -2.27. The largest absolute Gasteiger partial charge is 0.404 e. The summed E-state index contributed by atoms with van der Waals surface area (Å²) >= 11 is 0. The van der Waals surface area contributed by atoms with E-state index >= 15 is 0 Å². The van der Waals surface area contributed by atoms with Crippen LogP contribution in [0.4, 0.5) is 14.5 Å². The number of pyridine rings is 1. The van der Waals surface area contributed by atoms with Gasteiger partial charge in [0.25, 0.3) is 0 Å². The van der Waals surface area contributed by atoms with Crippen LogP contribution >= 0.6 is 0 Å². The number of rotatable bonds is 7. The van der Waals surface area contributed by atoms with Gasteiger partial charge in [0.05, 0.1) is 17.0 Å². The van der Waals surface area contributed by atoms with Gasteiger partial charge in [-0.05, 0) is 25.1 Å². The van der Waals surface area contributed by atoms with Crippen molar-refractivity contribution in [2.75, 3.05) is 17.5 Å². The second kappa shape index (κ2) is 8.64. The van der Waals surface area contributed by atoms with Crippen LogP contribution in [-0.4, -0.2) is 43.2 Å². The van der Waals surface area contributed by atoms with E-state index in [1.165, 1.54) is 31.7 Å². The Bertz CT molecular complexity index is 1330. The maximum absolute atomic E-state index is 14.9. The normalized spacial score (nSPS) is 12.6. The van der Waals surface area contributed by atoms with E-state index in [0.717, 1.165) is 12.1 Å². The second-order valence-corrected chi connectivity index (χ2v) is 8.46. The fraction of sp³-hybridized carbons (Fsp3) is 0.150. The molecular weight excluding hydrogens is 428 g/mol. The highest BCUT2D eigenvalue weighted by Gasteiger charge is 2.25. The van der Waals surface area contributed by atoms with Gasteiger partial charge < -0.3 is 10.7 Å².